The van der Waals surface area contributed by atoms with Crippen LogP contribution in [0.25, 0.3) is 0 Å². The van der Waals surface area contributed by atoms with Gasteiger partial charge >= 0.3 is 0 Å². The standard InChI is InChI=1S/C13H14F3N/c1-4-13(8(2)3)17-7-9-5-11(15)12(16)6-10(9)14/h1,5-6,8,13,17H,7H2,2-3H3. The lowest BCUT2D eigenvalue weighted by molar-refractivity contribution is 0.458. The summed E-state index contributed by atoms with van der Waals surface area (Å²) >= 11 is 0. The largest absolute Gasteiger partial charge is 0.299 e. The van der Waals surface area contributed by atoms with Crippen LogP contribution in [0.3, 0.4) is 0 Å². The average Bonchev–Trinajstić information content (AvgIpc) is 2.25. The van der Waals surface area contributed by atoms with Crippen molar-refractivity contribution in [3.8, 4) is 12.3 Å². The first-order valence-electron chi connectivity index (χ1n) is 5.28. The molecule has 1 aromatic rings. The van der Waals surface area contributed by atoms with Gasteiger partial charge in [-0.15, -0.1) is 6.42 Å². The predicted octanol–water partition coefficient (Wildman–Crippen LogP) is 2.85. The minimum atomic E-state index is -1.19. The summed E-state index contributed by atoms with van der Waals surface area (Å²) in [5.74, 6) is -0.347. The smallest absolute Gasteiger partial charge is 0.161 e. The molecule has 1 nitrogen and oxygen atoms in total. The highest BCUT2D eigenvalue weighted by molar-refractivity contribution is 5.20. The first-order valence-corrected chi connectivity index (χ1v) is 5.28. The molecule has 0 heterocycles. The summed E-state index contributed by atoms with van der Waals surface area (Å²) in [5.41, 5.74) is 0.0600. The molecular weight excluding hydrogens is 227 g/mol. The normalized spacial score (nSPS) is 12.5. The van der Waals surface area contributed by atoms with E-state index in [1.165, 1.54) is 0 Å². The van der Waals surface area contributed by atoms with Gasteiger partial charge in [0.25, 0.3) is 0 Å². The van der Waals surface area contributed by atoms with Gasteiger partial charge < -0.3 is 0 Å². The van der Waals surface area contributed by atoms with Crippen LogP contribution < -0.4 is 5.32 Å². The Balaban J connectivity index is 2.76. The van der Waals surface area contributed by atoms with E-state index in [1.54, 1.807) is 0 Å². The number of benzene rings is 1. The van der Waals surface area contributed by atoms with Crippen LogP contribution in [-0.2, 0) is 6.54 Å². The van der Waals surface area contributed by atoms with Gasteiger partial charge in [0.15, 0.2) is 11.6 Å². The molecule has 1 aromatic carbocycles. The van der Waals surface area contributed by atoms with E-state index in [2.05, 4.69) is 11.2 Å². The molecule has 17 heavy (non-hydrogen) atoms. The Morgan fingerprint density at radius 3 is 2.29 bits per heavy atom. The molecule has 0 bridgehead atoms. The zero-order chi connectivity index (χ0) is 13.0. The molecule has 0 saturated heterocycles. The Morgan fingerprint density at radius 1 is 1.18 bits per heavy atom. The monoisotopic (exact) mass is 241 g/mol. The zero-order valence-corrected chi connectivity index (χ0v) is 9.73. The van der Waals surface area contributed by atoms with E-state index >= 15 is 0 Å². The summed E-state index contributed by atoms with van der Waals surface area (Å²) in [4.78, 5) is 0. The summed E-state index contributed by atoms with van der Waals surface area (Å²) < 4.78 is 38.9. The van der Waals surface area contributed by atoms with Crippen molar-refractivity contribution >= 4 is 0 Å². The van der Waals surface area contributed by atoms with Gasteiger partial charge in [0.2, 0.25) is 0 Å². The molecule has 1 atom stereocenters. The number of nitrogens with one attached hydrogen (secondary N) is 1. The zero-order valence-electron chi connectivity index (χ0n) is 9.73. The maximum Gasteiger partial charge on any atom is 0.161 e. The van der Waals surface area contributed by atoms with Crippen LogP contribution in [0, 0.1) is 35.7 Å². The summed E-state index contributed by atoms with van der Waals surface area (Å²) in [6, 6.07) is 1.14. The molecule has 0 amide bonds. The van der Waals surface area contributed by atoms with E-state index in [1.807, 2.05) is 13.8 Å². The molecule has 0 fully saturated rings. The van der Waals surface area contributed by atoms with Crippen LogP contribution in [0.4, 0.5) is 13.2 Å². The van der Waals surface area contributed by atoms with Crippen molar-refractivity contribution in [2.24, 2.45) is 5.92 Å². The molecule has 1 unspecified atom stereocenters. The molecule has 0 aromatic heterocycles. The lowest BCUT2D eigenvalue weighted by Gasteiger charge is -2.16. The van der Waals surface area contributed by atoms with Crippen molar-refractivity contribution in [3.05, 3.63) is 35.1 Å². The summed E-state index contributed by atoms with van der Waals surface area (Å²) in [6.45, 7) is 3.90. The molecule has 1 N–H and O–H groups in total. The highest BCUT2D eigenvalue weighted by atomic mass is 19.2. The molecule has 0 aliphatic rings. The first-order chi connectivity index (χ1) is 7.95. The summed E-state index contributed by atoms with van der Waals surface area (Å²) in [5, 5.41) is 2.91. The van der Waals surface area contributed by atoms with E-state index in [4.69, 9.17) is 6.42 Å². The van der Waals surface area contributed by atoms with Gasteiger partial charge in [0.1, 0.15) is 5.82 Å². The molecule has 92 valence electrons. The molecule has 0 spiro atoms. The third-order valence-corrected chi connectivity index (χ3v) is 2.45. The summed E-state index contributed by atoms with van der Waals surface area (Å²) in [7, 11) is 0. The quantitative estimate of drug-likeness (QED) is 0.631. The van der Waals surface area contributed by atoms with E-state index < -0.39 is 17.5 Å². The van der Waals surface area contributed by atoms with Crippen LogP contribution in [-0.4, -0.2) is 6.04 Å². The van der Waals surface area contributed by atoms with E-state index in [-0.39, 0.29) is 24.1 Å². The Morgan fingerprint density at radius 2 is 1.76 bits per heavy atom. The number of halogens is 3. The van der Waals surface area contributed by atoms with Crippen LogP contribution in [0.15, 0.2) is 12.1 Å². The van der Waals surface area contributed by atoms with Crippen molar-refractivity contribution < 1.29 is 13.2 Å². The fourth-order valence-electron chi connectivity index (χ4n) is 1.41. The van der Waals surface area contributed by atoms with Gasteiger partial charge in [0.05, 0.1) is 6.04 Å². The average molecular weight is 241 g/mol. The van der Waals surface area contributed by atoms with E-state index in [9.17, 15) is 13.2 Å². The Kier molecular flexibility index (Phi) is 4.59. The Labute approximate surface area is 99.0 Å². The van der Waals surface area contributed by atoms with Crippen LogP contribution >= 0.6 is 0 Å². The molecule has 0 saturated carbocycles. The van der Waals surface area contributed by atoms with Crippen molar-refractivity contribution in [2.75, 3.05) is 0 Å². The van der Waals surface area contributed by atoms with Crippen molar-refractivity contribution in [1.29, 1.82) is 0 Å². The maximum atomic E-state index is 13.3. The third-order valence-electron chi connectivity index (χ3n) is 2.45. The number of hydrogen-bond acceptors (Lipinski definition) is 1. The van der Waals surface area contributed by atoms with Gasteiger partial charge in [0, 0.05) is 18.2 Å². The predicted molar refractivity (Wildman–Crippen MR) is 60.6 cm³/mol. The number of hydrogen-bond donors (Lipinski definition) is 1. The second-order valence-corrected chi connectivity index (χ2v) is 4.13. The molecule has 4 heteroatoms. The fraction of sp³-hybridized carbons (Fsp3) is 0.385. The summed E-state index contributed by atoms with van der Waals surface area (Å²) in [6.07, 6.45) is 5.29. The van der Waals surface area contributed by atoms with Crippen LogP contribution in [0.2, 0.25) is 0 Å². The van der Waals surface area contributed by atoms with E-state index in [0.717, 1.165) is 6.07 Å². The van der Waals surface area contributed by atoms with Crippen molar-refractivity contribution in [2.45, 2.75) is 26.4 Å². The molecular formula is C13H14F3N. The second-order valence-electron chi connectivity index (χ2n) is 4.13. The highest BCUT2D eigenvalue weighted by Gasteiger charge is 2.13. The minimum absolute atomic E-state index is 0.0600. The number of terminal acetylenes is 1. The first kappa shape index (κ1) is 13.6. The van der Waals surface area contributed by atoms with Crippen molar-refractivity contribution in [1.82, 2.24) is 5.32 Å². The molecule has 1 rings (SSSR count). The van der Waals surface area contributed by atoms with Crippen LogP contribution in [0.1, 0.15) is 19.4 Å². The lowest BCUT2D eigenvalue weighted by Crippen LogP contribution is -2.32. The van der Waals surface area contributed by atoms with Crippen molar-refractivity contribution in [3.63, 3.8) is 0 Å². The van der Waals surface area contributed by atoms with Gasteiger partial charge in [-0.3, -0.25) is 5.32 Å². The van der Waals surface area contributed by atoms with Gasteiger partial charge in [-0.25, -0.2) is 13.2 Å². The maximum absolute atomic E-state index is 13.3. The highest BCUT2D eigenvalue weighted by Crippen LogP contribution is 2.14. The molecule has 0 aliphatic carbocycles. The van der Waals surface area contributed by atoms with Gasteiger partial charge in [-0.2, -0.15) is 0 Å². The molecule has 0 radical (unpaired) electrons. The minimum Gasteiger partial charge on any atom is -0.299 e. The Bertz CT molecular complexity index is 435. The van der Waals surface area contributed by atoms with Crippen LogP contribution in [0.5, 0.6) is 0 Å². The SMILES string of the molecule is C#CC(NCc1cc(F)c(F)cc1F)C(C)C. The van der Waals surface area contributed by atoms with E-state index in [0.29, 0.717) is 6.07 Å². The fourth-order valence-corrected chi connectivity index (χ4v) is 1.41. The van der Waals surface area contributed by atoms with Gasteiger partial charge in [-0.05, 0) is 12.0 Å². The topological polar surface area (TPSA) is 12.0 Å². The lowest BCUT2D eigenvalue weighted by atomic mass is 10.0. The third kappa shape index (κ3) is 3.50. The second kappa shape index (κ2) is 5.74. The molecule has 0 aliphatic heterocycles. The Hall–Kier alpha value is -1.47. The number of rotatable bonds is 4. The van der Waals surface area contributed by atoms with Gasteiger partial charge in [-0.1, -0.05) is 19.8 Å².